The SMILES string of the molecule is Cc1noc2nc(C(C)C)cc(C(=O)NCC3(N4Cc5ccccc5C4=O)CCCCC3)c12. The van der Waals surface area contributed by atoms with Gasteiger partial charge in [-0.25, -0.2) is 4.98 Å². The van der Waals surface area contributed by atoms with E-state index in [0.717, 1.165) is 48.9 Å². The van der Waals surface area contributed by atoms with Gasteiger partial charge >= 0.3 is 0 Å². The molecule has 0 bridgehead atoms. The Morgan fingerprint density at radius 3 is 2.70 bits per heavy atom. The number of nitrogens with zero attached hydrogens (tertiary/aromatic N) is 3. The average molecular weight is 447 g/mol. The monoisotopic (exact) mass is 446 g/mol. The first-order chi connectivity index (χ1) is 15.9. The maximum atomic E-state index is 13.5. The smallest absolute Gasteiger partial charge is 0.259 e. The van der Waals surface area contributed by atoms with E-state index in [2.05, 4.69) is 15.5 Å². The number of rotatable bonds is 5. The molecule has 2 amide bonds. The Bertz CT molecular complexity index is 1220. The molecule has 0 spiro atoms. The van der Waals surface area contributed by atoms with Gasteiger partial charge in [-0.05, 0) is 43.4 Å². The molecule has 3 heterocycles. The molecule has 0 unspecified atom stereocenters. The molecule has 3 aromatic rings. The second kappa shape index (κ2) is 8.28. The molecule has 1 fully saturated rings. The van der Waals surface area contributed by atoms with Gasteiger partial charge in [0.1, 0.15) is 0 Å². The van der Waals surface area contributed by atoms with Crippen LogP contribution in [-0.2, 0) is 6.54 Å². The Balaban J connectivity index is 1.44. The largest absolute Gasteiger partial charge is 0.350 e. The summed E-state index contributed by atoms with van der Waals surface area (Å²) in [6, 6.07) is 9.67. The first kappa shape index (κ1) is 21.6. The number of hydrogen-bond donors (Lipinski definition) is 1. The van der Waals surface area contributed by atoms with Crippen LogP contribution in [0.2, 0.25) is 0 Å². The number of carbonyl (C=O) groups is 2. The molecular formula is C26H30N4O3. The molecule has 5 rings (SSSR count). The van der Waals surface area contributed by atoms with Crippen LogP contribution in [0.5, 0.6) is 0 Å². The number of pyridine rings is 1. The quantitative estimate of drug-likeness (QED) is 0.611. The van der Waals surface area contributed by atoms with Crippen LogP contribution < -0.4 is 5.32 Å². The van der Waals surface area contributed by atoms with Crippen molar-refractivity contribution in [3.8, 4) is 0 Å². The second-order valence-corrected chi connectivity index (χ2v) is 9.71. The van der Waals surface area contributed by atoms with Gasteiger partial charge in [-0.3, -0.25) is 9.59 Å². The van der Waals surface area contributed by atoms with Crippen molar-refractivity contribution in [2.75, 3.05) is 6.54 Å². The molecule has 1 aromatic carbocycles. The normalized spacial score (nSPS) is 17.6. The van der Waals surface area contributed by atoms with Crippen molar-refractivity contribution >= 4 is 22.9 Å². The summed E-state index contributed by atoms with van der Waals surface area (Å²) < 4.78 is 5.38. The fraction of sp³-hybridized carbons (Fsp3) is 0.462. The molecule has 33 heavy (non-hydrogen) atoms. The van der Waals surface area contributed by atoms with Gasteiger partial charge in [0.05, 0.1) is 22.2 Å². The van der Waals surface area contributed by atoms with E-state index < -0.39 is 0 Å². The summed E-state index contributed by atoms with van der Waals surface area (Å²) in [6.07, 6.45) is 5.05. The predicted octanol–water partition coefficient (Wildman–Crippen LogP) is 4.74. The molecule has 0 radical (unpaired) electrons. The van der Waals surface area contributed by atoms with Crippen molar-refractivity contribution in [3.05, 3.63) is 58.4 Å². The van der Waals surface area contributed by atoms with Crippen molar-refractivity contribution in [2.45, 2.75) is 70.9 Å². The maximum absolute atomic E-state index is 13.5. The molecule has 1 N–H and O–H groups in total. The standard InChI is InChI=1S/C26H30N4O3/c1-16(2)21-13-20(22-17(3)29-33-24(22)28-21)23(31)27-15-26(11-7-4-8-12-26)30-14-18-9-5-6-10-19(18)25(30)32/h5-6,9-10,13,16H,4,7-8,11-12,14-15H2,1-3H3,(H,27,31). The van der Waals surface area contributed by atoms with Gasteiger partial charge in [0.25, 0.3) is 17.5 Å². The lowest BCUT2D eigenvalue weighted by Gasteiger charge is -2.44. The minimum absolute atomic E-state index is 0.0741. The highest BCUT2D eigenvalue weighted by Gasteiger charge is 2.44. The van der Waals surface area contributed by atoms with Crippen molar-refractivity contribution in [1.29, 1.82) is 0 Å². The molecule has 0 atom stereocenters. The van der Waals surface area contributed by atoms with Crippen molar-refractivity contribution < 1.29 is 14.1 Å². The molecule has 7 nitrogen and oxygen atoms in total. The molecule has 1 aliphatic heterocycles. The fourth-order valence-corrected chi connectivity index (χ4v) is 5.32. The molecule has 7 heteroatoms. The van der Waals surface area contributed by atoms with Crippen LogP contribution in [0.15, 0.2) is 34.9 Å². The molecule has 172 valence electrons. The van der Waals surface area contributed by atoms with Crippen molar-refractivity contribution in [2.24, 2.45) is 0 Å². The van der Waals surface area contributed by atoms with Crippen LogP contribution in [0, 0.1) is 6.92 Å². The molecule has 2 aromatic heterocycles. The zero-order chi connectivity index (χ0) is 23.2. The summed E-state index contributed by atoms with van der Waals surface area (Å²) in [5, 5.41) is 7.86. The first-order valence-electron chi connectivity index (χ1n) is 11.8. The zero-order valence-corrected chi connectivity index (χ0v) is 19.5. The Hall–Kier alpha value is -3.22. The van der Waals surface area contributed by atoms with Crippen LogP contribution in [0.4, 0.5) is 0 Å². The Morgan fingerprint density at radius 2 is 1.97 bits per heavy atom. The molecule has 0 saturated heterocycles. The lowest BCUT2D eigenvalue weighted by Crippen LogP contribution is -2.56. The van der Waals surface area contributed by atoms with E-state index in [9.17, 15) is 9.59 Å². The number of hydrogen-bond acceptors (Lipinski definition) is 5. The maximum Gasteiger partial charge on any atom is 0.259 e. The first-order valence-corrected chi connectivity index (χ1v) is 11.8. The van der Waals surface area contributed by atoms with Gasteiger partial charge in [-0.1, -0.05) is 56.5 Å². The Kier molecular flexibility index (Phi) is 5.43. The second-order valence-electron chi connectivity index (χ2n) is 9.71. The lowest BCUT2D eigenvalue weighted by molar-refractivity contribution is 0.0344. The van der Waals surface area contributed by atoms with Gasteiger partial charge < -0.3 is 14.7 Å². The van der Waals surface area contributed by atoms with Crippen LogP contribution in [0.25, 0.3) is 11.1 Å². The Labute approximate surface area is 193 Å². The Morgan fingerprint density at radius 1 is 1.21 bits per heavy atom. The zero-order valence-electron chi connectivity index (χ0n) is 19.5. The third-order valence-corrected chi connectivity index (χ3v) is 7.23. The number of aryl methyl sites for hydroxylation is 1. The van der Waals surface area contributed by atoms with E-state index in [-0.39, 0.29) is 23.3 Å². The summed E-state index contributed by atoms with van der Waals surface area (Å²) in [4.78, 5) is 33.3. The van der Waals surface area contributed by atoms with Gasteiger partial charge in [-0.2, -0.15) is 0 Å². The molecular weight excluding hydrogens is 416 g/mol. The summed E-state index contributed by atoms with van der Waals surface area (Å²) >= 11 is 0. The van der Waals surface area contributed by atoms with Crippen LogP contribution in [-0.4, -0.2) is 38.9 Å². The van der Waals surface area contributed by atoms with E-state index >= 15 is 0 Å². The fourth-order valence-electron chi connectivity index (χ4n) is 5.32. The van der Waals surface area contributed by atoms with Gasteiger partial charge in [0.2, 0.25) is 0 Å². The van der Waals surface area contributed by atoms with Crippen LogP contribution in [0.1, 0.15) is 89.5 Å². The number of fused-ring (bicyclic) bond motifs is 2. The molecule has 1 saturated carbocycles. The highest BCUT2D eigenvalue weighted by molar-refractivity contribution is 6.06. The third kappa shape index (κ3) is 3.69. The minimum Gasteiger partial charge on any atom is -0.350 e. The average Bonchev–Trinajstić information content (AvgIpc) is 3.38. The number of amides is 2. The summed E-state index contributed by atoms with van der Waals surface area (Å²) in [5.41, 5.74) is 3.84. The molecule has 2 aliphatic rings. The van der Waals surface area contributed by atoms with Gasteiger partial charge in [0.15, 0.2) is 0 Å². The lowest BCUT2D eigenvalue weighted by atomic mass is 9.80. The predicted molar refractivity (Wildman–Crippen MR) is 125 cm³/mol. The number of benzene rings is 1. The number of carbonyl (C=O) groups excluding carboxylic acids is 2. The highest BCUT2D eigenvalue weighted by Crippen LogP contribution is 2.39. The van der Waals surface area contributed by atoms with Crippen molar-refractivity contribution in [3.63, 3.8) is 0 Å². The number of nitrogens with one attached hydrogen (secondary N) is 1. The van der Waals surface area contributed by atoms with Crippen LogP contribution >= 0.6 is 0 Å². The summed E-state index contributed by atoms with van der Waals surface area (Å²) in [5.74, 6) is 0.0477. The topological polar surface area (TPSA) is 88.3 Å². The molecule has 1 aliphatic carbocycles. The van der Waals surface area contributed by atoms with E-state index in [1.807, 2.05) is 56.0 Å². The minimum atomic E-state index is -0.374. The van der Waals surface area contributed by atoms with E-state index in [4.69, 9.17) is 4.52 Å². The third-order valence-electron chi connectivity index (χ3n) is 7.23. The summed E-state index contributed by atoms with van der Waals surface area (Å²) in [6.45, 7) is 6.92. The van der Waals surface area contributed by atoms with Crippen molar-refractivity contribution in [1.82, 2.24) is 20.4 Å². The number of aromatic nitrogens is 2. The van der Waals surface area contributed by atoms with Gasteiger partial charge in [-0.15, -0.1) is 0 Å². The highest BCUT2D eigenvalue weighted by atomic mass is 16.5. The van der Waals surface area contributed by atoms with E-state index in [0.29, 0.717) is 35.4 Å². The summed E-state index contributed by atoms with van der Waals surface area (Å²) in [7, 11) is 0. The van der Waals surface area contributed by atoms with Crippen LogP contribution in [0.3, 0.4) is 0 Å². The van der Waals surface area contributed by atoms with E-state index in [1.54, 1.807) is 0 Å². The van der Waals surface area contributed by atoms with E-state index in [1.165, 1.54) is 0 Å². The van der Waals surface area contributed by atoms with Gasteiger partial charge in [0, 0.05) is 24.3 Å².